The van der Waals surface area contributed by atoms with Crippen molar-refractivity contribution in [3.8, 4) is 0 Å². The molecule has 0 saturated carbocycles. The Morgan fingerprint density at radius 2 is 1.90 bits per heavy atom. The molecule has 1 aromatic carbocycles. The second-order valence-electron chi connectivity index (χ2n) is 7.27. The van der Waals surface area contributed by atoms with Crippen LogP contribution in [0.25, 0.3) is 0 Å². The van der Waals surface area contributed by atoms with Crippen LogP contribution in [0.2, 0.25) is 0 Å². The molecule has 1 aromatic rings. The highest BCUT2D eigenvalue weighted by Gasteiger charge is 2.33. The Morgan fingerprint density at radius 1 is 1.21 bits per heavy atom. The van der Waals surface area contributed by atoms with Crippen molar-refractivity contribution < 1.29 is 24.2 Å². The van der Waals surface area contributed by atoms with Gasteiger partial charge in [-0.25, -0.2) is 4.79 Å². The van der Waals surface area contributed by atoms with Gasteiger partial charge in [-0.05, 0) is 51.6 Å². The lowest BCUT2D eigenvalue weighted by Gasteiger charge is -2.37. The molecule has 1 heterocycles. The number of benzene rings is 1. The Morgan fingerprint density at radius 3 is 2.48 bits per heavy atom. The minimum Gasteiger partial charge on any atom is -0.478 e. The molecule has 8 nitrogen and oxygen atoms in total. The summed E-state index contributed by atoms with van der Waals surface area (Å²) in [4.78, 5) is 42.1. The van der Waals surface area contributed by atoms with Crippen molar-refractivity contribution in [3.05, 3.63) is 23.8 Å². The van der Waals surface area contributed by atoms with E-state index < -0.39 is 5.97 Å². The molecule has 0 saturated heterocycles. The number of nitrogens with zero attached hydrogens (tertiary/aromatic N) is 3. The monoisotopic (exact) mass is 405 g/mol. The Hall–Kier alpha value is -2.45. The number of hydrogen-bond donors (Lipinski definition) is 1. The largest absolute Gasteiger partial charge is 0.478 e. The van der Waals surface area contributed by atoms with Gasteiger partial charge in [0, 0.05) is 13.2 Å². The van der Waals surface area contributed by atoms with E-state index in [1.165, 1.54) is 17.0 Å². The first-order valence-corrected chi connectivity index (χ1v) is 10.1. The van der Waals surface area contributed by atoms with Crippen LogP contribution >= 0.6 is 0 Å². The summed E-state index contributed by atoms with van der Waals surface area (Å²) in [5, 5.41) is 9.37. The maximum absolute atomic E-state index is 12.9. The topological polar surface area (TPSA) is 90.4 Å². The summed E-state index contributed by atoms with van der Waals surface area (Å²) in [6, 6.07) is 4.54. The predicted octanol–water partition coefficient (Wildman–Crippen LogP) is 2.22. The molecule has 29 heavy (non-hydrogen) atoms. The van der Waals surface area contributed by atoms with E-state index >= 15 is 0 Å². The van der Waals surface area contributed by atoms with E-state index in [9.17, 15) is 19.5 Å². The average Bonchev–Trinajstić information content (AvgIpc) is 2.69. The highest BCUT2D eigenvalue weighted by atomic mass is 16.5. The summed E-state index contributed by atoms with van der Waals surface area (Å²) in [6.45, 7) is 10.3. The summed E-state index contributed by atoms with van der Waals surface area (Å²) in [5.74, 6) is -1.47. The summed E-state index contributed by atoms with van der Waals surface area (Å²) in [5.41, 5.74) is 1.11. The van der Waals surface area contributed by atoms with Crippen LogP contribution < -0.4 is 9.80 Å². The highest BCUT2D eigenvalue weighted by molar-refractivity contribution is 6.12. The molecule has 0 aliphatic carbocycles. The normalized spacial score (nSPS) is 13.9. The van der Waals surface area contributed by atoms with Gasteiger partial charge in [-0.15, -0.1) is 0 Å². The Bertz CT molecular complexity index is 746. The maximum Gasteiger partial charge on any atom is 0.335 e. The van der Waals surface area contributed by atoms with Crippen LogP contribution in [0.1, 0.15) is 44.5 Å². The van der Waals surface area contributed by atoms with Crippen LogP contribution in [0.4, 0.5) is 11.4 Å². The molecular formula is C21H31N3O5. The van der Waals surface area contributed by atoms with Gasteiger partial charge >= 0.3 is 5.97 Å². The first-order chi connectivity index (χ1) is 13.8. The number of carbonyl (C=O) groups is 3. The van der Waals surface area contributed by atoms with E-state index in [2.05, 4.69) is 0 Å². The summed E-state index contributed by atoms with van der Waals surface area (Å²) in [7, 11) is 0. The van der Waals surface area contributed by atoms with Gasteiger partial charge in [0.05, 0.1) is 29.6 Å². The summed E-state index contributed by atoms with van der Waals surface area (Å²) < 4.78 is 5.55. The molecule has 0 radical (unpaired) electrons. The standard InChI is InChI=1S/C21H31N3O5/c1-5-22(6-2)13-19(25)24-14-20(26)23(10-7-11-29-15(3)4)17-9-8-16(21(27)28)12-18(17)24/h8-9,12,15H,5-7,10-11,13-14H2,1-4H3,(H,27,28). The number of carboxylic acid groups (broad SMARTS) is 1. The lowest BCUT2D eigenvalue weighted by atomic mass is 10.1. The number of fused-ring (bicyclic) bond motifs is 1. The molecule has 0 spiro atoms. The quantitative estimate of drug-likeness (QED) is 0.601. The summed E-state index contributed by atoms with van der Waals surface area (Å²) >= 11 is 0. The molecule has 1 aliphatic rings. The van der Waals surface area contributed by atoms with E-state index in [0.29, 0.717) is 44.0 Å². The van der Waals surface area contributed by atoms with Crippen molar-refractivity contribution in [2.45, 2.75) is 40.2 Å². The van der Waals surface area contributed by atoms with Gasteiger partial charge in [-0.2, -0.15) is 0 Å². The van der Waals surface area contributed by atoms with Gasteiger partial charge in [-0.3, -0.25) is 19.4 Å². The van der Waals surface area contributed by atoms with Crippen LogP contribution in [0.3, 0.4) is 0 Å². The fourth-order valence-electron chi connectivity index (χ4n) is 3.27. The van der Waals surface area contributed by atoms with Crippen LogP contribution in [0.5, 0.6) is 0 Å². The third kappa shape index (κ3) is 5.77. The van der Waals surface area contributed by atoms with Crippen molar-refractivity contribution in [3.63, 3.8) is 0 Å². The minimum absolute atomic E-state index is 0.0850. The molecule has 8 heteroatoms. The second-order valence-corrected chi connectivity index (χ2v) is 7.27. The number of aromatic carboxylic acids is 1. The molecule has 1 aliphatic heterocycles. The van der Waals surface area contributed by atoms with Crippen molar-refractivity contribution in [2.24, 2.45) is 0 Å². The molecule has 0 bridgehead atoms. The van der Waals surface area contributed by atoms with Gasteiger partial charge in [0.2, 0.25) is 11.8 Å². The van der Waals surface area contributed by atoms with Crippen LogP contribution in [-0.4, -0.2) is 73.2 Å². The van der Waals surface area contributed by atoms with Crippen LogP contribution in [0, 0.1) is 0 Å². The Kier molecular flexibility index (Phi) is 8.16. The van der Waals surface area contributed by atoms with Crippen LogP contribution in [0.15, 0.2) is 18.2 Å². The van der Waals surface area contributed by atoms with E-state index in [4.69, 9.17) is 4.74 Å². The fraction of sp³-hybridized carbons (Fsp3) is 0.571. The number of carbonyl (C=O) groups excluding carboxylic acids is 2. The molecule has 160 valence electrons. The molecule has 0 aromatic heterocycles. The molecule has 2 amide bonds. The molecule has 0 unspecified atom stereocenters. The maximum atomic E-state index is 12.9. The zero-order valence-electron chi connectivity index (χ0n) is 17.7. The van der Waals surface area contributed by atoms with Crippen molar-refractivity contribution >= 4 is 29.2 Å². The SMILES string of the molecule is CCN(CC)CC(=O)N1CC(=O)N(CCCOC(C)C)c2ccc(C(=O)O)cc21. The Balaban J connectivity index is 2.30. The summed E-state index contributed by atoms with van der Waals surface area (Å²) in [6.07, 6.45) is 0.767. The number of hydrogen-bond acceptors (Lipinski definition) is 5. The zero-order valence-corrected chi connectivity index (χ0v) is 17.7. The van der Waals surface area contributed by atoms with E-state index in [1.807, 2.05) is 32.6 Å². The van der Waals surface area contributed by atoms with Gasteiger partial charge in [-0.1, -0.05) is 13.8 Å². The van der Waals surface area contributed by atoms with Crippen molar-refractivity contribution in [2.75, 3.05) is 49.1 Å². The lowest BCUT2D eigenvalue weighted by Crippen LogP contribution is -2.51. The highest BCUT2D eigenvalue weighted by Crippen LogP contribution is 2.35. The number of amides is 2. The van der Waals surface area contributed by atoms with Gasteiger partial charge in [0.15, 0.2) is 0 Å². The van der Waals surface area contributed by atoms with Crippen LogP contribution in [-0.2, 0) is 14.3 Å². The van der Waals surface area contributed by atoms with Gasteiger partial charge in [0.1, 0.15) is 6.54 Å². The minimum atomic E-state index is -1.07. The number of rotatable bonds is 10. The van der Waals surface area contributed by atoms with E-state index in [-0.39, 0.29) is 36.6 Å². The first-order valence-electron chi connectivity index (χ1n) is 10.1. The predicted molar refractivity (Wildman–Crippen MR) is 112 cm³/mol. The molecule has 0 atom stereocenters. The number of carboxylic acids is 1. The van der Waals surface area contributed by atoms with Crippen molar-refractivity contribution in [1.82, 2.24) is 4.90 Å². The third-order valence-electron chi connectivity index (χ3n) is 4.93. The molecule has 0 fully saturated rings. The first kappa shape index (κ1) is 22.8. The lowest BCUT2D eigenvalue weighted by molar-refractivity contribution is -0.123. The molecular weight excluding hydrogens is 374 g/mol. The van der Waals surface area contributed by atoms with Crippen molar-refractivity contribution in [1.29, 1.82) is 0 Å². The van der Waals surface area contributed by atoms with Gasteiger partial charge < -0.3 is 14.7 Å². The van der Waals surface area contributed by atoms with Gasteiger partial charge in [0.25, 0.3) is 0 Å². The number of likely N-dealkylation sites (N-methyl/N-ethyl adjacent to an activating group) is 1. The van der Waals surface area contributed by atoms with E-state index in [0.717, 1.165) is 0 Å². The fourth-order valence-corrected chi connectivity index (χ4v) is 3.27. The molecule has 2 rings (SSSR count). The molecule has 1 N–H and O–H groups in total. The second kappa shape index (κ2) is 10.4. The number of anilines is 2. The third-order valence-corrected chi connectivity index (χ3v) is 4.93. The average molecular weight is 405 g/mol. The smallest absolute Gasteiger partial charge is 0.335 e. The zero-order chi connectivity index (χ0) is 21.6. The number of ether oxygens (including phenoxy) is 1. The van der Waals surface area contributed by atoms with E-state index in [1.54, 1.807) is 11.0 Å². The Labute approximate surface area is 172 Å².